The van der Waals surface area contributed by atoms with E-state index in [1.807, 2.05) is 0 Å². The lowest BCUT2D eigenvalue weighted by Crippen LogP contribution is -2.34. The molecule has 3 N–H and O–H groups in total. The summed E-state index contributed by atoms with van der Waals surface area (Å²) in [5.74, 6) is 0.555. The van der Waals surface area contributed by atoms with Crippen LogP contribution in [0.15, 0.2) is 9.59 Å². The van der Waals surface area contributed by atoms with E-state index in [0.717, 1.165) is 32.4 Å². The number of rotatable bonds is 4. The molecular weight excluding hydrogens is 302 g/mol. The van der Waals surface area contributed by atoms with Crippen LogP contribution in [0.3, 0.4) is 0 Å². The van der Waals surface area contributed by atoms with Crippen LogP contribution in [-0.2, 0) is 13.6 Å². The molecule has 3 rings (SSSR count). The summed E-state index contributed by atoms with van der Waals surface area (Å²) in [5, 5.41) is 19.0. The van der Waals surface area contributed by atoms with E-state index in [1.54, 1.807) is 11.6 Å². The van der Waals surface area contributed by atoms with E-state index in [4.69, 9.17) is 5.11 Å². The summed E-state index contributed by atoms with van der Waals surface area (Å²) in [6, 6.07) is 0. The molecule has 9 heteroatoms. The van der Waals surface area contributed by atoms with Crippen LogP contribution in [0.5, 0.6) is 0 Å². The quantitative estimate of drug-likeness (QED) is 0.648. The van der Waals surface area contributed by atoms with Crippen LogP contribution in [0.4, 0.5) is 5.95 Å². The molecule has 126 valence electrons. The van der Waals surface area contributed by atoms with E-state index in [0.29, 0.717) is 5.95 Å². The molecule has 1 aliphatic heterocycles. The van der Waals surface area contributed by atoms with Gasteiger partial charge in [-0.2, -0.15) is 4.98 Å². The van der Waals surface area contributed by atoms with Gasteiger partial charge in [-0.25, -0.2) is 4.79 Å². The summed E-state index contributed by atoms with van der Waals surface area (Å²) in [7, 11) is 1.54. The van der Waals surface area contributed by atoms with Crippen molar-refractivity contribution in [2.24, 2.45) is 7.05 Å². The molecule has 1 saturated heterocycles. The summed E-state index contributed by atoms with van der Waals surface area (Å²) in [6.07, 6.45) is 2.20. The fourth-order valence-corrected chi connectivity index (χ4v) is 3.00. The maximum atomic E-state index is 12.2. The summed E-state index contributed by atoms with van der Waals surface area (Å²) in [4.78, 5) is 32.8. The predicted octanol–water partition coefficient (Wildman–Crippen LogP) is -1.23. The van der Waals surface area contributed by atoms with Crippen LogP contribution in [0.25, 0.3) is 11.2 Å². The monoisotopic (exact) mass is 323 g/mol. The third-order valence-corrected chi connectivity index (χ3v) is 4.23. The molecule has 0 aliphatic carbocycles. The number of nitrogens with zero attached hydrogens (tertiary/aromatic N) is 4. The minimum atomic E-state index is -1.01. The summed E-state index contributed by atoms with van der Waals surface area (Å²) >= 11 is 0. The van der Waals surface area contributed by atoms with Crippen LogP contribution in [0, 0.1) is 0 Å². The molecule has 0 saturated carbocycles. The summed E-state index contributed by atoms with van der Waals surface area (Å²) in [6.45, 7) is 1.25. The smallest absolute Gasteiger partial charge is 0.329 e. The number of imidazole rings is 1. The molecule has 2 aromatic heterocycles. The Hall–Kier alpha value is -2.13. The van der Waals surface area contributed by atoms with E-state index in [2.05, 4.69) is 14.9 Å². The van der Waals surface area contributed by atoms with Gasteiger partial charge in [0, 0.05) is 20.1 Å². The molecule has 0 radical (unpaired) electrons. The predicted molar refractivity (Wildman–Crippen MR) is 84.8 cm³/mol. The number of aliphatic hydroxyl groups excluding tert-OH is 2. The van der Waals surface area contributed by atoms with Gasteiger partial charge < -0.3 is 19.7 Å². The Morgan fingerprint density at radius 1 is 1.26 bits per heavy atom. The first-order valence-corrected chi connectivity index (χ1v) is 7.76. The van der Waals surface area contributed by atoms with E-state index >= 15 is 0 Å². The van der Waals surface area contributed by atoms with Crippen LogP contribution >= 0.6 is 0 Å². The van der Waals surface area contributed by atoms with E-state index in [-0.39, 0.29) is 17.7 Å². The molecule has 0 amide bonds. The molecule has 1 atom stereocenters. The number of hydrogen-bond donors (Lipinski definition) is 3. The Bertz CT molecular complexity index is 815. The third-order valence-electron chi connectivity index (χ3n) is 4.23. The molecule has 0 bridgehead atoms. The number of anilines is 1. The van der Waals surface area contributed by atoms with Crippen molar-refractivity contribution in [1.82, 2.24) is 19.1 Å². The molecule has 2 aromatic rings. The lowest BCUT2D eigenvalue weighted by Gasteiger charge is -2.28. The highest BCUT2D eigenvalue weighted by Gasteiger charge is 2.23. The van der Waals surface area contributed by atoms with Gasteiger partial charge in [0.05, 0.1) is 19.3 Å². The Morgan fingerprint density at radius 2 is 1.96 bits per heavy atom. The van der Waals surface area contributed by atoms with Crippen LogP contribution in [0.1, 0.15) is 19.3 Å². The number of nitrogens with one attached hydrogen (secondary N) is 1. The number of aryl methyl sites for hydroxylation is 1. The highest BCUT2D eigenvalue weighted by molar-refractivity contribution is 5.74. The van der Waals surface area contributed by atoms with Gasteiger partial charge in [-0.3, -0.25) is 14.3 Å². The van der Waals surface area contributed by atoms with Gasteiger partial charge in [-0.1, -0.05) is 0 Å². The lowest BCUT2D eigenvalue weighted by molar-refractivity contribution is 0.0822. The van der Waals surface area contributed by atoms with Crippen molar-refractivity contribution in [1.29, 1.82) is 0 Å². The van der Waals surface area contributed by atoms with E-state index in [9.17, 15) is 14.7 Å². The second kappa shape index (κ2) is 6.17. The van der Waals surface area contributed by atoms with Crippen molar-refractivity contribution >= 4 is 17.1 Å². The number of piperidine rings is 1. The first-order valence-electron chi connectivity index (χ1n) is 7.76. The maximum absolute atomic E-state index is 12.2. The fourth-order valence-electron chi connectivity index (χ4n) is 3.00. The number of hydrogen-bond acceptors (Lipinski definition) is 6. The molecule has 0 spiro atoms. The summed E-state index contributed by atoms with van der Waals surface area (Å²) in [5.41, 5.74) is -0.548. The highest BCUT2D eigenvalue weighted by atomic mass is 16.3. The highest BCUT2D eigenvalue weighted by Crippen LogP contribution is 2.23. The van der Waals surface area contributed by atoms with Crippen molar-refractivity contribution in [3.05, 3.63) is 20.8 Å². The number of aromatic nitrogens is 4. The molecule has 9 nitrogen and oxygen atoms in total. The van der Waals surface area contributed by atoms with Crippen molar-refractivity contribution < 1.29 is 10.2 Å². The molecule has 1 fully saturated rings. The Labute approximate surface area is 131 Å². The SMILES string of the molecule is Cn1c(=O)[nH]c(=O)c2c1nc(N1CCCCC1)n2C[C@H](O)CO. The zero-order valence-electron chi connectivity index (χ0n) is 13.0. The van der Waals surface area contributed by atoms with E-state index < -0.39 is 24.0 Å². The van der Waals surface area contributed by atoms with Gasteiger partial charge in [0.15, 0.2) is 11.2 Å². The van der Waals surface area contributed by atoms with Gasteiger partial charge in [0.2, 0.25) is 5.95 Å². The van der Waals surface area contributed by atoms with Gasteiger partial charge in [-0.15, -0.1) is 0 Å². The number of fused-ring (bicyclic) bond motifs is 1. The first-order chi connectivity index (χ1) is 11.0. The van der Waals surface area contributed by atoms with Crippen LogP contribution in [0.2, 0.25) is 0 Å². The number of H-pyrrole nitrogens is 1. The average Bonchev–Trinajstić information content (AvgIpc) is 2.93. The number of aliphatic hydroxyl groups is 2. The van der Waals surface area contributed by atoms with Crippen LogP contribution in [-0.4, -0.2) is 55.1 Å². The molecule has 1 aliphatic rings. The van der Waals surface area contributed by atoms with Crippen molar-refractivity contribution in [3.63, 3.8) is 0 Å². The average molecular weight is 323 g/mol. The second-order valence-electron chi connectivity index (χ2n) is 5.90. The van der Waals surface area contributed by atoms with Crippen molar-refractivity contribution in [3.8, 4) is 0 Å². The molecular formula is C14H21N5O4. The van der Waals surface area contributed by atoms with Crippen molar-refractivity contribution in [2.75, 3.05) is 24.6 Å². The minimum absolute atomic E-state index is 0.0418. The van der Waals surface area contributed by atoms with Crippen molar-refractivity contribution in [2.45, 2.75) is 31.9 Å². The minimum Gasteiger partial charge on any atom is -0.394 e. The largest absolute Gasteiger partial charge is 0.394 e. The molecule has 0 aromatic carbocycles. The van der Waals surface area contributed by atoms with Gasteiger partial charge >= 0.3 is 5.69 Å². The Kier molecular flexibility index (Phi) is 4.22. The second-order valence-corrected chi connectivity index (χ2v) is 5.90. The molecule has 0 unspecified atom stereocenters. The number of aromatic amines is 1. The first kappa shape index (κ1) is 15.8. The Balaban J connectivity index is 2.22. The maximum Gasteiger partial charge on any atom is 0.329 e. The van der Waals surface area contributed by atoms with Gasteiger partial charge in [-0.05, 0) is 19.3 Å². The molecule has 23 heavy (non-hydrogen) atoms. The topological polar surface area (TPSA) is 116 Å². The van der Waals surface area contributed by atoms with Gasteiger partial charge in [0.1, 0.15) is 0 Å². The fraction of sp³-hybridized carbons (Fsp3) is 0.643. The van der Waals surface area contributed by atoms with Gasteiger partial charge in [0.25, 0.3) is 5.56 Å². The standard InChI is InChI=1S/C14H21N5O4/c1-17-11-10(12(22)16-14(17)23)19(7-9(21)8-20)13(15-11)18-5-3-2-4-6-18/h9,20-21H,2-8H2,1H3,(H,16,22,23)/t9-/m0/s1. The third kappa shape index (κ3) is 2.77. The lowest BCUT2D eigenvalue weighted by atomic mass is 10.1. The molecule has 3 heterocycles. The van der Waals surface area contributed by atoms with E-state index in [1.165, 1.54) is 4.57 Å². The zero-order valence-corrected chi connectivity index (χ0v) is 13.0. The zero-order chi connectivity index (χ0) is 16.6. The summed E-state index contributed by atoms with van der Waals surface area (Å²) < 4.78 is 2.88. The van der Waals surface area contributed by atoms with Crippen LogP contribution < -0.4 is 16.1 Å². The Morgan fingerprint density at radius 3 is 2.61 bits per heavy atom. The normalized spacial score (nSPS) is 16.9.